The number of benzene rings is 1. The molecular weight excluding hydrogens is 308 g/mol. The van der Waals surface area contributed by atoms with Crippen LogP contribution in [0.4, 0.5) is 0 Å². The lowest BCUT2D eigenvalue weighted by molar-refractivity contribution is 0.0117. The van der Waals surface area contributed by atoms with Gasteiger partial charge in [-0.2, -0.15) is 0 Å². The van der Waals surface area contributed by atoms with E-state index in [0.29, 0.717) is 23.8 Å². The number of aromatic hydroxyl groups is 1. The van der Waals surface area contributed by atoms with Gasteiger partial charge in [-0.25, -0.2) is 0 Å². The van der Waals surface area contributed by atoms with Gasteiger partial charge in [-0.05, 0) is 54.2 Å². The zero-order valence-electron chi connectivity index (χ0n) is 15.9. The fraction of sp³-hybridized carbons (Fsp3) is 0.727. The molecule has 3 heteroatoms. The van der Waals surface area contributed by atoms with Crippen LogP contribution in [0.15, 0.2) is 24.3 Å². The highest BCUT2D eigenvalue weighted by Crippen LogP contribution is 2.43. The molecule has 1 aromatic rings. The molecule has 0 bridgehead atoms. The summed E-state index contributed by atoms with van der Waals surface area (Å²) in [7, 11) is 0. The molecule has 0 amide bonds. The highest BCUT2D eigenvalue weighted by molar-refractivity contribution is 5.34. The molecule has 0 spiro atoms. The van der Waals surface area contributed by atoms with Crippen molar-refractivity contribution >= 4 is 0 Å². The minimum atomic E-state index is 0.152. The normalized spacial score (nSPS) is 37.6. The van der Waals surface area contributed by atoms with Gasteiger partial charge >= 0.3 is 0 Å². The molecule has 2 aliphatic heterocycles. The number of nitrogens with one attached hydrogen (secondary N) is 1. The third-order valence-electron chi connectivity index (χ3n) is 7.54. The number of piperidine rings is 1. The number of nitrogens with zero attached hydrogens (tertiary/aromatic N) is 1. The Bertz CT molecular complexity index is 597. The number of hydrogen-bond acceptors (Lipinski definition) is 3. The fourth-order valence-corrected chi connectivity index (χ4v) is 5.67. The van der Waals surface area contributed by atoms with Crippen LogP contribution in [0.3, 0.4) is 0 Å². The molecule has 4 atom stereocenters. The van der Waals surface area contributed by atoms with Crippen LogP contribution in [0.1, 0.15) is 57.9 Å². The Morgan fingerprint density at radius 2 is 1.96 bits per heavy atom. The summed E-state index contributed by atoms with van der Waals surface area (Å²) < 4.78 is 0. The van der Waals surface area contributed by atoms with Gasteiger partial charge in [0.2, 0.25) is 0 Å². The SMILES string of the molecule is C[C@H]1CN2CC(C3CCCCC3)NC[C@H]2C[C@@]1(C)c1cccc(O)c1. The number of hydrogen-bond donors (Lipinski definition) is 2. The first-order valence-electron chi connectivity index (χ1n) is 10.3. The maximum absolute atomic E-state index is 9.93. The first-order valence-corrected chi connectivity index (χ1v) is 10.3. The lowest BCUT2D eigenvalue weighted by Gasteiger charge is -2.54. The van der Waals surface area contributed by atoms with Crippen LogP contribution in [0.2, 0.25) is 0 Å². The highest BCUT2D eigenvalue weighted by Gasteiger charge is 2.45. The van der Waals surface area contributed by atoms with Crippen LogP contribution in [-0.2, 0) is 5.41 Å². The van der Waals surface area contributed by atoms with Crippen molar-refractivity contribution in [1.82, 2.24) is 10.2 Å². The number of phenolic OH excluding ortho intramolecular Hbond substituents is 1. The molecule has 2 heterocycles. The Balaban J connectivity index is 1.47. The van der Waals surface area contributed by atoms with Gasteiger partial charge in [-0.15, -0.1) is 0 Å². The van der Waals surface area contributed by atoms with Crippen molar-refractivity contribution in [2.45, 2.75) is 69.9 Å². The molecule has 3 fully saturated rings. The molecular formula is C22H34N2O. The first kappa shape index (κ1) is 17.4. The molecule has 1 aliphatic carbocycles. The minimum absolute atomic E-state index is 0.152. The van der Waals surface area contributed by atoms with E-state index in [1.165, 1.54) is 57.2 Å². The average Bonchev–Trinajstić information content (AvgIpc) is 2.63. The van der Waals surface area contributed by atoms with E-state index in [4.69, 9.17) is 0 Å². The summed E-state index contributed by atoms with van der Waals surface area (Å²) in [5.41, 5.74) is 1.45. The second-order valence-electron chi connectivity index (χ2n) is 9.09. The van der Waals surface area contributed by atoms with Crippen molar-refractivity contribution in [3.8, 4) is 5.75 Å². The van der Waals surface area contributed by atoms with Crippen LogP contribution in [0.25, 0.3) is 0 Å². The van der Waals surface area contributed by atoms with Crippen molar-refractivity contribution in [1.29, 1.82) is 0 Å². The Morgan fingerprint density at radius 1 is 1.16 bits per heavy atom. The summed E-state index contributed by atoms with van der Waals surface area (Å²) in [6.07, 6.45) is 8.33. The van der Waals surface area contributed by atoms with E-state index >= 15 is 0 Å². The Labute approximate surface area is 152 Å². The van der Waals surface area contributed by atoms with Crippen LogP contribution in [0, 0.1) is 11.8 Å². The lowest BCUT2D eigenvalue weighted by Crippen LogP contribution is -2.64. The number of piperazine rings is 1. The molecule has 3 aliphatic rings. The van der Waals surface area contributed by atoms with Crippen molar-refractivity contribution in [2.24, 2.45) is 11.8 Å². The summed E-state index contributed by atoms with van der Waals surface area (Å²) >= 11 is 0. The van der Waals surface area contributed by atoms with Gasteiger partial charge in [0.1, 0.15) is 5.75 Å². The second-order valence-corrected chi connectivity index (χ2v) is 9.09. The topological polar surface area (TPSA) is 35.5 Å². The van der Waals surface area contributed by atoms with E-state index in [1.807, 2.05) is 12.1 Å². The molecule has 2 saturated heterocycles. The van der Waals surface area contributed by atoms with E-state index in [2.05, 4.69) is 30.1 Å². The Kier molecular flexibility index (Phi) is 4.81. The summed E-state index contributed by atoms with van der Waals surface area (Å²) in [5, 5.41) is 13.8. The maximum Gasteiger partial charge on any atom is 0.115 e. The van der Waals surface area contributed by atoms with Crippen molar-refractivity contribution in [3.05, 3.63) is 29.8 Å². The molecule has 1 aromatic carbocycles. The first-order chi connectivity index (χ1) is 12.1. The van der Waals surface area contributed by atoms with Gasteiger partial charge in [-0.1, -0.05) is 45.2 Å². The Morgan fingerprint density at radius 3 is 2.72 bits per heavy atom. The quantitative estimate of drug-likeness (QED) is 0.855. The molecule has 0 aromatic heterocycles. The molecule has 3 nitrogen and oxygen atoms in total. The summed E-state index contributed by atoms with van der Waals surface area (Å²) in [6, 6.07) is 9.29. The van der Waals surface area contributed by atoms with Gasteiger partial charge in [-0.3, -0.25) is 4.90 Å². The van der Waals surface area contributed by atoms with Crippen molar-refractivity contribution < 1.29 is 5.11 Å². The molecule has 25 heavy (non-hydrogen) atoms. The second kappa shape index (κ2) is 6.92. The third-order valence-corrected chi connectivity index (χ3v) is 7.54. The standard InChI is InChI=1S/C22H34N2O/c1-16-14-24-15-21(17-7-4-3-5-8-17)23-13-19(24)12-22(16,2)18-9-6-10-20(25)11-18/h6,9-11,16-17,19,21,23,25H,3-5,7-8,12-15H2,1-2H3/t16-,19+,21?,22+/m0/s1. The predicted octanol–water partition coefficient (Wildman–Crippen LogP) is 3.91. The Hall–Kier alpha value is -1.06. The highest BCUT2D eigenvalue weighted by atomic mass is 16.3. The predicted molar refractivity (Wildman–Crippen MR) is 103 cm³/mol. The van der Waals surface area contributed by atoms with Crippen LogP contribution >= 0.6 is 0 Å². The van der Waals surface area contributed by atoms with Gasteiger partial charge in [0.25, 0.3) is 0 Å². The van der Waals surface area contributed by atoms with E-state index in [9.17, 15) is 5.11 Å². The smallest absolute Gasteiger partial charge is 0.115 e. The zero-order valence-corrected chi connectivity index (χ0v) is 15.9. The summed E-state index contributed by atoms with van der Waals surface area (Å²) in [5.74, 6) is 1.90. The van der Waals surface area contributed by atoms with E-state index in [-0.39, 0.29) is 5.41 Å². The number of phenols is 1. The van der Waals surface area contributed by atoms with E-state index < -0.39 is 0 Å². The van der Waals surface area contributed by atoms with Crippen LogP contribution in [0.5, 0.6) is 5.75 Å². The number of fused-ring (bicyclic) bond motifs is 1. The molecule has 138 valence electrons. The van der Waals surface area contributed by atoms with Gasteiger partial charge in [0, 0.05) is 31.7 Å². The van der Waals surface area contributed by atoms with Gasteiger partial charge < -0.3 is 10.4 Å². The van der Waals surface area contributed by atoms with Crippen LogP contribution in [-0.4, -0.2) is 41.7 Å². The maximum atomic E-state index is 9.93. The minimum Gasteiger partial charge on any atom is -0.508 e. The van der Waals surface area contributed by atoms with E-state index in [1.54, 1.807) is 6.07 Å². The summed E-state index contributed by atoms with van der Waals surface area (Å²) in [4.78, 5) is 2.77. The monoisotopic (exact) mass is 342 g/mol. The van der Waals surface area contributed by atoms with E-state index in [0.717, 1.165) is 12.5 Å². The third kappa shape index (κ3) is 3.33. The zero-order chi connectivity index (χ0) is 17.4. The molecule has 4 rings (SSSR count). The van der Waals surface area contributed by atoms with Crippen LogP contribution < -0.4 is 5.32 Å². The van der Waals surface area contributed by atoms with Gasteiger partial charge in [0.15, 0.2) is 0 Å². The largest absolute Gasteiger partial charge is 0.508 e. The summed E-state index contributed by atoms with van der Waals surface area (Å²) in [6.45, 7) is 8.34. The number of rotatable bonds is 2. The molecule has 1 saturated carbocycles. The van der Waals surface area contributed by atoms with Crippen molar-refractivity contribution in [3.63, 3.8) is 0 Å². The fourth-order valence-electron chi connectivity index (χ4n) is 5.67. The van der Waals surface area contributed by atoms with Crippen molar-refractivity contribution in [2.75, 3.05) is 19.6 Å². The average molecular weight is 343 g/mol. The molecule has 0 radical (unpaired) electrons. The molecule has 2 N–H and O–H groups in total. The molecule has 1 unspecified atom stereocenters. The lowest BCUT2D eigenvalue weighted by atomic mass is 9.65. The van der Waals surface area contributed by atoms with Gasteiger partial charge in [0.05, 0.1) is 0 Å².